The summed E-state index contributed by atoms with van der Waals surface area (Å²) in [5, 5.41) is 2.89. The van der Waals surface area contributed by atoms with Crippen molar-refractivity contribution in [2.45, 2.75) is 12.8 Å². The molecule has 2 heterocycles. The summed E-state index contributed by atoms with van der Waals surface area (Å²) in [6.45, 7) is 1.11. The second-order valence-electron chi connectivity index (χ2n) is 5.73. The predicted octanol–water partition coefficient (Wildman–Crippen LogP) is 2.21. The van der Waals surface area contributed by atoms with Crippen LogP contribution in [0.5, 0.6) is 0 Å². The lowest BCUT2D eigenvalue weighted by Crippen LogP contribution is -2.43. The van der Waals surface area contributed by atoms with Crippen LogP contribution in [0, 0.1) is 5.92 Å². The van der Waals surface area contributed by atoms with E-state index >= 15 is 0 Å². The van der Waals surface area contributed by atoms with Gasteiger partial charge in [-0.2, -0.15) is 0 Å². The van der Waals surface area contributed by atoms with Crippen LogP contribution in [0.3, 0.4) is 0 Å². The third-order valence-corrected chi connectivity index (χ3v) is 4.21. The molecule has 6 nitrogen and oxygen atoms in total. The fourth-order valence-corrected chi connectivity index (χ4v) is 2.79. The number of hydrogen-bond acceptors (Lipinski definition) is 2. The molecule has 6 heteroatoms. The minimum Gasteiger partial charge on any atom is -0.369 e. The van der Waals surface area contributed by atoms with E-state index in [1.807, 2.05) is 53.4 Å². The topological polar surface area (TPSA) is 80.4 Å². The fraction of sp³-hybridized carbons (Fsp3) is 0.294. The van der Waals surface area contributed by atoms with Crippen molar-refractivity contribution in [3.63, 3.8) is 0 Å². The number of nitrogens with one attached hydrogen (secondary N) is 1. The van der Waals surface area contributed by atoms with Gasteiger partial charge in [-0.15, -0.1) is 0 Å². The van der Waals surface area contributed by atoms with Crippen molar-refractivity contribution >= 4 is 17.6 Å². The molecule has 3 rings (SSSR count). The van der Waals surface area contributed by atoms with Crippen molar-refractivity contribution in [3.8, 4) is 5.69 Å². The van der Waals surface area contributed by atoms with E-state index in [9.17, 15) is 9.59 Å². The number of anilines is 1. The van der Waals surface area contributed by atoms with Gasteiger partial charge < -0.3 is 20.5 Å². The molecule has 23 heavy (non-hydrogen) atoms. The average molecular weight is 312 g/mol. The van der Waals surface area contributed by atoms with Gasteiger partial charge in [0.05, 0.1) is 0 Å². The first-order valence-corrected chi connectivity index (χ1v) is 7.72. The Balaban J connectivity index is 1.57. The molecule has 0 unspecified atom stereocenters. The third-order valence-electron chi connectivity index (χ3n) is 4.21. The molecule has 0 aliphatic carbocycles. The van der Waals surface area contributed by atoms with E-state index in [4.69, 9.17) is 5.73 Å². The van der Waals surface area contributed by atoms with Gasteiger partial charge in [0.2, 0.25) is 5.91 Å². The maximum absolute atomic E-state index is 12.3. The van der Waals surface area contributed by atoms with Crippen LogP contribution in [0.1, 0.15) is 12.8 Å². The van der Waals surface area contributed by atoms with Crippen LogP contribution < -0.4 is 11.1 Å². The van der Waals surface area contributed by atoms with Crippen molar-refractivity contribution in [2.75, 3.05) is 18.4 Å². The maximum Gasteiger partial charge on any atom is 0.321 e. The third kappa shape index (κ3) is 3.53. The zero-order valence-electron chi connectivity index (χ0n) is 12.8. The zero-order valence-corrected chi connectivity index (χ0v) is 12.8. The first kappa shape index (κ1) is 15.1. The lowest BCUT2D eigenvalue weighted by molar-refractivity contribution is -0.122. The molecule has 1 fully saturated rings. The molecule has 1 aliphatic rings. The summed E-state index contributed by atoms with van der Waals surface area (Å²) in [7, 11) is 0. The first-order chi connectivity index (χ1) is 11.1. The van der Waals surface area contributed by atoms with Gasteiger partial charge in [-0.05, 0) is 49.2 Å². The van der Waals surface area contributed by atoms with Crippen molar-refractivity contribution in [1.29, 1.82) is 0 Å². The molecule has 120 valence electrons. The Morgan fingerprint density at radius 1 is 1.04 bits per heavy atom. The second-order valence-corrected chi connectivity index (χ2v) is 5.73. The Hall–Kier alpha value is -2.76. The number of aromatic nitrogens is 1. The molecule has 1 saturated heterocycles. The molecule has 1 aliphatic heterocycles. The van der Waals surface area contributed by atoms with Crippen LogP contribution in [0.25, 0.3) is 5.69 Å². The number of hydrogen-bond donors (Lipinski definition) is 2. The van der Waals surface area contributed by atoms with Crippen LogP contribution in [0.4, 0.5) is 10.5 Å². The van der Waals surface area contributed by atoms with E-state index in [1.54, 1.807) is 4.90 Å². The molecule has 0 atom stereocenters. The smallest absolute Gasteiger partial charge is 0.321 e. The van der Waals surface area contributed by atoms with Gasteiger partial charge in [0.25, 0.3) is 0 Å². The van der Waals surface area contributed by atoms with E-state index in [1.165, 1.54) is 0 Å². The lowest BCUT2D eigenvalue weighted by atomic mass is 9.96. The molecule has 3 amide bonds. The van der Waals surface area contributed by atoms with Crippen LogP contribution in [0.2, 0.25) is 0 Å². The predicted molar refractivity (Wildman–Crippen MR) is 88.3 cm³/mol. The summed E-state index contributed by atoms with van der Waals surface area (Å²) in [5.41, 5.74) is 7.10. The van der Waals surface area contributed by atoms with Crippen molar-refractivity contribution in [3.05, 3.63) is 48.8 Å². The Morgan fingerprint density at radius 2 is 1.65 bits per heavy atom. The van der Waals surface area contributed by atoms with Gasteiger partial charge in [0, 0.05) is 42.8 Å². The van der Waals surface area contributed by atoms with Crippen LogP contribution in [-0.2, 0) is 4.79 Å². The molecule has 0 saturated carbocycles. The van der Waals surface area contributed by atoms with Gasteiger partial charge in [-0.1, -0.05) is 0 Å². The van der Waals surface area contributed by atoms with E-state index in [-0.39, 0.29) is 17.9 Å². The number of nitrogens with two attached hydrogens (primary N) is 1. The summed E-state index contributed by atoms with van der Waals surface area (Å²) in [4.78, 5) is 25.1. The molecule has 0 radical (unpaired) electrons. The number of likely N-dealkylation sites (tertiary alicyclic amines) is 1. The molecule has 0 bridgehead atoms. The molecule has 1 aromatic carbocycles. The number of urea groups is 1. The zero-order chi connectivity index (χ0) is 16.2. The quantitative estimate of drug-likeness (QED) is 0.911. The summed E-state index contributed by atoms with van der Waals surface area (Å²) >= 11 is 0. The summed E-state index contributed by atoms with van der Waals surface area (Å²) in [6.07, 6.45) is 5.21. The monoisotopic (exact) mass is 312 g/mol. The highest BCUT2D eigenvalue weighted by molar-refractivity contribution is 5.89. The Labute approximate surface area is 134 Å². The average Bonchev–Trinajstić information content (AvgIpc) is 3.10. The summed E-state index contributed by atoms with van der Waals surface area (Å²) < 4.78 is 2.00. The second kappa shape index (κ2) is 6.56. The lowest BCUT2D eigenvalue weighted by Gasteiger charge is -2.30. The molecule has 1 aromatic heterocycles. The molecule has 3 N–H and O–H groups in total. The minimum atomic E-state index is -0.273. The van der Waals surface area contributed by atoms with E-state index in [2.05, 4.69) is 5.32 Å². The standard InChI is InChI=1S/C17H20N4O2/c18-16(22)13-7-11-21(12-8-13)17(23)19-14-3-5-15(6-4-14)20-9-1-2-10-20/h1-6,9-10,13H,7-8,11-12H2,(H2,18,22)(H,19,23). The largest absolute Gasteiger partial charge is 0.369 e. The number of primary amides is 1. The number of carbonyl (C=O) groups is 2. The minimum absolute atomic E-state index is 0.111. The van der Waals surface area contributed by atoms with Crippen molar-refractivity contribution in [2.24, 2.45) is 11.7 Å². The number of rotatable bonds is 3. The molecule has 2 aromatic rings. The molecular formula is C17H20N4O2. The number of benzene rings is 1. The Bertz CT molecular complexity index is 671. The number of piperidine rings is 1. The number of amides is 3. The number of nitrogens with zero attached hydrogens (tertiary/aromatic N) is 2. The fourth-order valence-electron chi connectivity index (χ4n) is 2.79. The van der Waals surface area contributed by atoms with Crippen LogP contribution in [-0.4, -0.2) is 34.5 Å². The van der Waals surface area contributed by atoms with Gasteiger partial charge in [0.15, 0.2) is 0 Å². The van der Waals surface area contributed by atoms with Crippen molar-refractivity contribution < 1.29 is 9.59 Å². The SMILES string of the molecule is NC(=O)C1CCN(C(=O)Nc2ccc(-n3cccc3)cc2)CC1. The first-order valence-electron chi connectivity index (χ1n) is 7.72. The highest BCUT2D eigenvalue weighted by Crippen LogP contribution is 2.18. The van der Waals surface area contributed by atoms with Gasteiger partial charge >= 0.3 is 6.03 Å². The van der Waals surface area contributed by atoms with E-state index in [0.717, 1.165) is 11.4 Å². The molecule has 0 spiro atoms. The van der Waals surface area contributed by atoms with E-state index in [0.29, 0.717) is 25.9 Å². The normalized spacial score (nSPS) is 15.4. The van der Waals surface area contributed by atoms with Crippen LogP contribution in [0.15, 0.2) is 48.8 Å². The van der Waals surface area contributed by atoms with Crippen molar-refractivity contribution in [1.82, 2.24) is 9.47 Å². The maximum atomic E-state index is 12.3. The summed E-state index contributed by atoms with van der Waals surface area (Å²) in [6, 6.07) is 11.5. The van der Waals surface area contributed by atoms with Gasteiger partial charge in [0.1, 0.15) is 0 Å². The van der Waals surface area contributed by atoms with Gasteiger partial charge in [-0.3, -0.25) is 4.79 Å². The Kier molecular flexibility index (Phi) is 4.32. The van der Waals surface area contributed by atoms with Gasteiger partial charge in [-0.25, -0.2) is 4.79 Å². The van der Waals surface area contributed by atoms with E-state index < -0.39 is 0 Å². The highest BCUT2D eigenvalue weighted by Gasteiger charge is 2.25. The number of carbonyl (C=O) groups excluding carboxylic acids is 2. The van der Waals surface area contributed by atoms with Crippen LogP contribution >= 0.6 is 0 Å². The Morgan fingerprint density at radius 3 is 2.22 bits per heavy atom. The summed E-state index contributed by atoms with van der Waals surface area (Å²) in [5.74, 6) is -0.384. The highest BCUT2D eigenvalue weighted by atomic mass is 16.2. The molecular weight excluding hydrogens is 292 g/mol.